The number of nitrogens with two attached hydrogens (primary N) is 1. The molecule has 1 aliphatic heterocycles. The molecule has 1 amide bonds. The Kier molecular flexibility index (Phi) is 5.47. The Labute approximate surface area is 189 Å². The molecule has 1 heterocycles. The van der Waals surface area contributed by atoms with E-state index in [1.165, 1.54) is 11.0 Å². The van der Waals surface area contributed by atoms with E-state index in [0.717, 1.165) is 5.56 Å². The number of benzene rings is 3. The van der Waals surface area contributed by atoms with E-state index in [2.05, 4.69) is 0 Å². The minimum atomic E-state index is -2.04. The van der Waals surface area contributed by atoms with Crippen LogP contribution in [0.5, 0.6) is 11.5 Å². The molecular weight excluding hydrogens is 439 g/mol. The van der Waals surface area contributed by atoms with Gasteiger partial charge in [0.15, 0.2) is 5.60 Å². The molecule has 0 bridgehead atoms. The fraction of sp³-hybridized carbons (Fsp3) is 0.174. The molecule has 0 spiro atoms. The lowest BCUT2D eigenvalue weighted by atomic mass is 9.87. The van der Waals surface area contributed by atoms with Crippen LogP contribution in [0.1, 0.15) is 16.7 Å². The second kappa shape index (κ2) is 7.96. The number of amides is 1. The van der Waals surface area contributed by atoms with Gasteiger partial charge in [-0.1, -0.05) is 23.2 Å². The third kappa shape index (κ3) is 3.47. The van der Waals surface area contributed by atoms with E-state index in [9.17, 15) is 9.90 Å². The number of methoxy groups -OCH3 is 2. The molecule has 31 heavy (non-hydrogen) atoms. The Morgan fingerprint density at radius 1 is 1.00 bits per heavy atom. The number of nitrogens with zero attached hydrogens (tertiary/aromatic N) is 1. The van der Waals surface area contributed by atoms with Crippen LogP contribution in [0.4, 0.5) is 11.4 Å². The summed E-state index contributed by atoms with van der Waals surface area (Å²) < 4.78 is 10.7. The minimum absolute atomic E-state index is 0.156. The van der Waals surface area contributed by atoms with Crippen LogP contribution in [-0.2, 0) is 16.9 Å². The summed E-state index contributed by atoms with van der Waals surface area (Å²) in [5, 5.41) is 12.3. The zero-order valence-electron chi connectivity index (χ0n) is 16.9. The number of rotatable bonds is 5. The standard InChI is InChI=1S/C23H20Cl2N2O4/c1-30-16-6-3-13(21(11-16)31-2)12-27-20-8-4-14(24)9-18(20)23(29,22(27)28)17-10-15(26)5-7-19(17)25/h3-11,29H,12,26H2,1-2H3. The van der Waals surface area contributed by atoms with Gasteiger partial charge in [-0.25, -0.2) is 0 Å². The number of carbonyl (C=O) groups is 1. The molecule has 3 aromatic carbocycles. The van der Waals surface area contributed by atoms with Crippen LogP contribution in [0.2, 0.25) is 10.0 Å². The summed E-state index contributed by atoms with van der Waals surface area (Å²) in [5.74, 6) is 0.624. The zero-order valence-corrected chi connectivity index (χ0v) is 18.4. The highest BCUT2D eigenvalue weighted by Crippen LogP contribution is 2.48. The molecule has 0 aliphatic carbocycles. The van der Waals surface area contributed by atoms with Gasteiger partial charge in [0.05, 0.1) is 26.5 Å². The first-order chi connectivity index (χ1) is 14.8. The smallest absolute Gasteiger partial charge is 0.268 e. The summed E-state index contributed by atoms with van der Waals surface area (Å²) in [5.41, 5.74) is 6.06. The van der Waals surface area contributed by atoms with Crippen LogP contribution in [0.15, 0.2) is 54.6 Å². The summed E-state index contributed by atoms with van der Waals surface area (Å²) in [6, 6.07) is 14.9. The Bertz CT molecular complexity index is 1180. The summed E-state index contributed by atoms with van der Waals surface area (Å²) in [6.45, 7) is 0.156. The van der Waals surface area contributed by atoms with Crippen molar-refractivity contribution in [1.82, 2.24) is 0 Å². The van der Waals surface area contributed by atoms with Gasteiger partial charge >= 0.3 is 0 Å². The molecule has 160 valence electrons. The van der Waals surface area contributed by atoms with E-state index in [0.29, 0.717) is 33.5 Å². The van der Waals surface area contributed by atoms with E-state index in [-0.39, 0.29) is 17.1 Å². The predicted molar refractivity (Wildman–Crippen MR) is 121 cm³/mol. The first kappa shape index (κ1) is 21.3. The maximum atomic E-state index is 13.7. The molecule has 3 aromatic rings. The topological polar surface area (TPSA) is 85.0 Å². The van der Waals surface area contributed by atoms with E-state index in [1.54, 1.807) is 56.7 Å². The van der Waals surface area contributed by atoms with Crippen LogP contribution >= 0.6 is 23.2 Å². The van der Waals surface area contributed by atoms with Gasteiger partial charge in [0.2, 0.25) is 0 Å². The van der Waals surface area contributed by atoms with Crippen LogP contribution in [0.3, 0.4) is 0 Å². The molecule has 0 fully saturated rings. The van der Waals surface area contributed by atoms with Crippen molar-refractivity contribution >= 4 is 40.5 Å². The number of anilines is 2. The van der Waals surface area contributed by atoms with Gasteiger partial charge in [0.1, 0.15) is 11.5 Å². The van der Waals surface area contributed by atoms with Crippen molar-refractivity contribution in [1.29, 1.82) is 0 Å². The van der Waals surface area contributed by atoms with Crippen molar-refractivity contribution in [2.45, 2.75) is 12.1 Å². The fourth-order valence-electron chi connectivity index (χ4n) is 3.84. The average molecular weight is 459 g/mol. The van der Waals surface area contributed by atoms with Gasteiger partial charge in [0.25, 0.3) is 5.91 Å². The number of carbonyl (C=O) groups excluding carboxylic acids is 1. The quantitative estimate of drug-likeness (QED) is 0.554. The molecule has 1 unspecified atom stereocenters. The van der Waals surface area contributed by atoms with Gasteiger partial charge in [-0.2, -0.15) is 0 Å². The number of hydrogen-bond acceptors (Lipinski definition) is 5. The van der Waals surface area contributed by atoms with Crippen molar-refractivity contribution in [3.8, 4) is 11.5 Å². The number of hydrogen-bond donors (Lipinski definition) is 2. The van der Waals surface area contributed by atoms with Crippen LogP contribution in [-0.4, -0.2) is 25.2 Å². The van der Waals surface area contributed by atoms with Crippen molar-refractivity contribution in [2.24, 2.45) is 0 Å². The first-order valence-corrected chi connectivity index (χ1v) is 10.2. The van der Waals surface area contributed by atoms with Crippen molar-refractivity contribution in [3.63, 3.8) is 0 Å². The highest BCUT2D eigenvalue weighted by Gasteiger charge is 2.52. The molecule has 8 heteroatoms. The Morgan fingerprint density at radius 2 is 1.77 bits per heavy atom. The van der Waals surface area contributed by atoms with Crippen LogP contribution < -0.4 is 20.1 Å². The molecule has 0 radical (unpaired) electrons. The molecule has 6 nitrogen and oxygen atoms in total. The Hall–Kier alpha value is -2.93. The van der Waals surface area contributed by atoms with E-state index >= 15 is 0 Å². The summed E-state index contributed by atoms with van der Waals surface area (Å²) in [4.78, 5) is 15.1. The van der Waals surface area contributed by atoms with Gasteiger partial charge in [0, 0.05) is 38.5 Å². The van der Waals surface area contributed by atoms with Gasteiger partial charge in [-0.3, -0.25) is 4.79 Å². The Balaban J connectivity index is 1.86. The number of nitrogen functional groups attached to an aromatic ring is 1. The minimum Gasteiger partial charge on any atom is -0.497 e. The molecular formula is C23H20Cl2N2O4. The fourth-order valence-corrected chi connectivity index (χ4v) is 4.27. The maximum Gasteiger partial charge on any atom is 0.268 e. The molecule has 0 saturated heterocycles. The number of fused-ring (bicyclic) bond motifs is 1. The number of ether oxygens (including phenoxy) is 2. The molecule has 0 saturated carbocycles. The van der Waals surface area contributed by atoms with Gasteiger partial charge in [-0.15, -0.1) is 0 Å². The predicted octanol–water partition coefficient (Wildman–Crippen LogP) is 4.38. The summed E-state index contributed by atoms with van der Waals surface area (Å²) in [6.07, 6.45) is 0. The maximum absolute atomic E-state index is 13.7. The second-order valence-electron chi connectivity index (χ2n) is 7.18. The van der Waals surface area contributed by atoms with Gasteiger partial charge < -0.3 is 25.2 Å². The monoisotopic (exact) mass is 458 g/mol. The lowest BCUT2D eigenvalue weighted by Gasteiger charge is -2.25. The molecule has 4 rings (SSSR count). The normalized spacial score (nSPS) is 17.6. The Morgan fingerprint density at radius 3 is 2.48 bits per heavy atom. The third-order valence-corrected chi connectivity index (χ3v) is 5.96. The lowest BCUT2D eigenvalue weighted by molar-refractivity contribution is -0.132. The zero-order chi connectivity index (χ0) is 22.3. The van der Waals surface area contributed by atoms with E-state index in [1.807, 2.05) is 6.07 Å². The van der Waals surface area contributed by atoms with Crippen molar-refractivity contribution in [3.05, 3.63) is 81.3 Å². The summed E-state index contributed by atoms with van der Waals surface area (Å²) >= 11 is 12.6. The molecule has 0 aromatic heterocycles. The first-order valence-electron chi connectivity index (χ1n) is 9.40. The van der Waals surface area contributed by atoms with Crippen molar-refractivity contribution in [2.75, 3.05) is 24.9 Å². The highest BCUT2D eigenvalue weighted by atomic mass is 35.5. The SMILES string of the molecule is COc1ccc(CN2C(=O)C(O)(c3cc(N)ccc3Cl)c3cc(Cl)ccc32)c(OC)c1. The number of halogens is 2. The number of aliphatic hydroxyl groups is 1. The van der Waals surface area contributed by atoms with Crippen LogP contribution in [0, 0.1) is 0 Å². The second-order valence-corrected chi connectivity index (χ2v) is 8.02. The van der Waals surface area contributed by atoms with E-state index < -0.39 is 11.5 Å². The average Bonchev–Trinajstić information content (AvgIpc) is 2.97. The summed E-state index contributed by atoms with van der Waals surface area (Å²) in [7, 11) is 3.11. The lowest BCUT2D eigenvalue weighted by Crippen LogP contribution is -2.41. The van der Waals surface area contributed by atoms with Crippen molar-refractivity contribution < 1.29 is 19.4 Å². The molecule has 1 atom stereocenters. The third-order valence-electron chi connectivity index (χ3n) is 5.40. The van der Waals surface area contributed by atoms with Gasteiger partial charge in [-0.05, 0) is 48.5 Å². The highest BCUT2D eigenvalue weighted by molar-refractivity contribution is 6.32. The largest absolute Gasteiger partial charge is 0.497 e. The van der Waals surface area contributed by atoms with Crippen LogP contribution in [0.25, 0.3) is 0 Å². The molecule has 1 aliphatic rings. The van der Waals surface area contributed by atoms with E-state index in [4.69, 9.17) is 38.4 Å². The molecule has 3 N–H and O–H groups in total.